The number of fused-ring (bicyclic) bond motifs is 1. The summed E-state index contributed by atoms with van der Waals surface area (Å²) in [5.41, 5.74) is 3.05. The molecule has 1 aromatic heterocycles. The zero-order valence-corrected chi connectivity index (χ0v) is 18.8. The van der Waals surface area contributed by atoms with Crippen molar-refractivity contribution in [1.82, 2.24) is 10.3 Å². The molecule has 172 valence electrons. The Kier molecular flexibility index (Phi) is 7.96. The molecule has 0 unspecified atom stereocenters. The van der Waals surface area contributed by atoms with Crippen molar-refractivity contribution < 1.29 is 28.6 Å². The number of aryl methyl sites for hydroxylation is 2. The molecular weight excluding hydrogens is 424 g/mol. The molecule has 0 fully saturated rings. The lowest BCUT2D eigenvalue weighted by Crippen LogP contribution is -2.26. The van der Waals surface area contributed by atoms with Gasteiger partial charge < -0.3 is 19.5 Å². The maximum absolute atomic E-state index is 12.6. The lowest BCUT2D eigenvalue weighted by molar-refractivity contribution is 0.0549. The molecule has 0 aliphatic carbocycles. The first-order valence-electron chi connectivity index (χ1n) is 10.5. The second-order valence-electron chi connectivity index (χ2n) is 7.41. The fraction of sp³-hybridized carbons (Fsp3) is 0.280. The molecule has 0 saturated carbocycles. The highest BCUT2D eigenvalue weighted by atomic mass is 16.5. The van der Waals surface area contributed by atoms with Crippen molar-refractivity contribution in [2.75, 3.05) is 20.8 Å². The third-order valence-corrected chi connectivity index (χ3v) is 5.10. The predicted octanol–water partition coefficient (Wildman–Crippen LogP) is 3.98. The van der Waals surface area contributed by atoms with Crippen LogP contribution in [0.1, 0.15) is 44.0 Å². The van der Waals surface area contributed by atoms with Crippen LogP contribution in [0.4, 0.5) is 4.79 Å². The Morgan fingerprint density at radius 3 is 2.39 bits per heavy atom. The molecule has 8 heteroatoms. The molecule has 3 rings (SSSR count). The number of esters is 2. The van der Waals surface area contributed by atoms with E-state index in [0.717, 1.165) is 16.5 Å². The summed E-state index contributed by atoms with van der Waals surface area (Å²) in [6.07, 6.45) is 0.367. The highest BCUT2D eigenvalue weighted by Gasteiger charge is 2.26. The van der Waals surface area contributed by atoms with Gasteiger partial charge in [0.05, 0.1) is 25.3 Å². The van der Waals surface area contributed by atoms with Gasteiger partial charge in [-0.15, -0.1) is 0 Å². The zero-order chi connectivity index (χ0) is 23.8. The van der Waals surface area contributed by atoms with E-state index in [2.05, 4.69) is 10.3 Å². The molecule has 0 aliphatic rings. The molecule has 0 saturated heterocycles. The third kappa shape index (κ3) is 5.85. The van der Waals surface area contributed by atoms with Crippen molar-refractivity contribution in [3.05, 3.63) is 76.5 Å². The van der Waals surface area contributed by atoms with E-state index in [1.807, 2.05) is 49.4 Å². The van der Waals surface area contributed by atoms with Gasteiger partial charge in [0.15, 0.2) is 5.69 Å². The Bertz CT molecular complexity index is 1160. The number of benzene rings is 2. The monoisotopic (exact) mass is 450 g/mol. The fourth-order valence-electron chi connectivity index (χ4n) is 3.50. The number of carbonyl (C=O) groups excluding carboxylic acids is 3. The average molecular weight is 450 g/mol. The number of aromatic nitrogens is 1. The van der Waals surface area contributed by atoms with E-state index < -0.39 is 18.0 Å². The number of pyridine rings is 1. The number of ether oxygens (including phenoxy) is 3. The van der Waals surface area contributed by atoms with E-state index in [0.29, 0.717) is 30.5 Å². The minimum absolute atomic E-state index is 0.0779. The van der Waals surface area contributed by atoms with Crippen molar-refractivity contribution in [1.29, 1.82) is 0 Å². The summed E-state index contributed by atoms with van der Waals surface area (Å²) < 4.78 is 15.0. The first-order chi connectivity index (χ1) is 15.9. The maximum atomic E-state index is 12.6. The smallest absolute Gasteiger partial charge is 0.407 e. The van der Waals surface area contributed by atoms with Crippen molar-refractivity contribution in [2.45, 2.75) is 26.4 Å². The van der Waals surface area contributed by atoms with Crippen LogP contribution in [0.15, 0.2) is 48.5 Å². The van der Waals surface area contributed by atoms with Crippen molar-refractivity contribution >= 4 is 28.9 Å². The van der Waals surface area contributed by atoms with E-state index in [9.17, 15) is 14.4 Å². The Morgan fingerprint density at radius 1 is 0.970 bits per heavy atom. The highest BCUT2D eigenvalue weighted by molar-refractivity contribution is 6.07. The number of nitrogens with zero attached hydrogens (tertiary/aromatic N) is 1. The number of alkyl carbamates (subject to hydrolysis) is 1. The van der Waals surface area contributed by atoms with Crippen molar-refractivity contribution in [3.8, 4) is 0 Å². The van der Waals surface area contributed by atoms with Gasteiger partial charge >= 0.3 is 18.0 Å². The van der Waals surface area contributed by atoms with Crippen LogP contribution in [-0.4, -0.2) is 43.8 Å². The average Bonchev–Trinajstić information content (AvgIpc) is 2.84. The third-order valence-electron chi connectivity index (χ3n) is 5.10. The van der Waals surface area contributed by atoms with Gasteiger partial charge in [0, 0.05) is 11.9 Å². The summed E-state index contributed by atoms with van der Waals surface area (Å²) in [7, 11) is 2.48. The molecule has 8 nitrogen and oxygen atoms in total. The molecule has 1 N–H and O–H groups in total. The van der Waals surface area contributed by atoms with E-state index in [4.69, 9.17) is 14.2 Å². The standard InChI is InChI=1S/C25H26N2O6/c1-16-11-12-20-19(14-16)18(21(23(28)31-2)22(27-20)24(29)32-3)10-7-13-26-25(30)33-15-17-8-5-4-6-9-17/h4-6,8-9,11-12,14H,7,10,13,15H2,1-3H3,(H,26,30). The lowest BCUT2D eigenvalue weighted by atomic mass is 9.95. The minimum atomic E-state index is -0.721. The molecular formula is C25H26N2O6. The van der Waals surface area contributed by atoms with Gasteiger partial charge in [0.1, 0.15) is 6.61 Å². The van der Waals surface area contributed by atoms with Gasteiger partial charge in [-0.05, 0) is 43.0 Å². The fourth-order valence-corrected chi connectivity index (χ4v) is 3.50. The van der Waals surface area contributed by atoms with Crippen LogP contribution in [0.5, 0.6) is 0 Å². The topological polar surface area (TPSA) is 104 Å². The Morgan fingerprint density at radius 2 is 1.70 bits per heavy atom. The molecule has 0 bridgehead atoms. The predicted molar refractivity (Wildman–Crippen MR) is 122 cm³/mol. The number of amides is 1. The van der Waals surface area contributed by atoms with Gasteiger partial charge in [-0.3, -0.25) is 0 Å². The highest BCUT2D eigenvalue weighted by Crippen LogP contribution is 2.27. The summed E-state index contributed by atoms with van der Waals surface area (Å²) in [4.78, 5) is 41.3. The first kappa shape index (κ1) is 23.7. The first-order valence-corrected chi connectivity index (χ1v) is 10.5. The minimum Gasteiger partial charge on any atom is -0.465 e. The SMILES string of the molecule is COC(=O)c1nc2ccc(C)cc2c(CCCNC(=O)OCc2ccccc2)c1C(=O)OC. The Balaban J connectivity index is 1.77. The molecule has 0 atom stereocenters. The van der Waals surface area contributed by atoms with Crippen LogP contribution in [0.2, 0.25) is 0 Å². The molecule has 1 amide bonds. The number of hydrogen-bond donors (Lipinski definition) is 1. The van der Waals surface area contributed by atoms with Crippen LogP contribution in [0.3, 0.4) is 0 Å². The van der Waals surface area contributed by atoms with Crippen LogP contribution in [-0.2, 0) is 27.2 Å². The molecule has 33 heavy (non-hydrogen) atoms. The summed E-state index contributed by atoms with van der Waals surface area (Å²) in [6.45, 7) is 2.42. The van der Waals surface area contributed by atoms with Crippen LogP contribution in [0.25, 0.3) is 10.9 Å². The summed E-state index contributed by atoms with van der Waals surface area (Å²) in [5, 5.41) is 3.45. The molecule has 2 aromatic carbocycles. The summed E-state index contributed by atoms with van der Waals surface area (Å²) >= 11 is 0. The lowest BCUT2D eigenvalue weighted by Gasteiger charge is -2.15. The summed E-state index contributed by atoms with van der Waals surface area (Å²) in [5.74, 6) is -1.39. The normalized spacial score (nSPS) is 10.5. The van der Waals surface area contributed by atoms with Crippen LogP contribution >= 0.6 is 0 Å². The molecule has 1 heterocycles. The number of methoxy groups -OCH3 is 2. The quantitative estimate of drug-likeness (QED) is 0.315. The van der Waals surface area contributed by atoms with Crippen LogP contribution in [0, 0.1) is 6.92 Å². The van der Waals surface area contributed by atoms with Gasteiger partial charge in [-0.25, -0.2) is 19.4 Å². The largest absolute Gasteiger partial charge is 0.465 e. The molecule has 0 radical (unpaired) electrons. The van der Waals surface area contributed by atoms with E-state index in [-0.39, 0.29) is 17.9 Å². The van der Waals surface area contributed by atoms with E-state index >= 15 is 0 Å². The molecule has 3 aromatic rings. The van der Waals surface area contributed by atoms with Gasteiger partial charge in [-0.2, -0.15) is 0 Å². The van der Waals surface area contributed by atoms with Gasteiger partial charge in [0.25, 0.3) is 0 Å². The number of nitrogens with one attached hydrogen (secondary N) is 1. The molecule has 0 aliphatic heterocycles. The number of hydrogen-bond acceptors (Lipinski definition) is 7. The zero-order valence-electron chi connectivity index (χ0n) is 18.8. The number of carbonyl (C=O) groups is 3. The van der Waals surface area contributed by atoms with Gasteiger partial charge in [0.2, 0.25) is 0 Å². The Labute approximate surface area is 191 Å². The molecule has 0 spiro atoms. The van der Waals surface area contributed by atoms with Crippen molar-refractivity contribution in [2.24, 2.45) is 0 Å². The summed E-state index contributed by atoms with van der Waals surface area (Å²) in [6, 6.07) is 15.0. The second kappa shape index (κ2) is 11.1. The Hall–Kier alpha value is -3.94. The second-order valence-corrected chi connectivity index (χ2v) is 7.41. The van der Waals surface area contributed by atoms with Crippen molar-refractivity contribution in [3.63, 3.8) is 0 Å². The number of rotatable bonds is 8. The van der Waals surface area contributed by atoms with E-state index in [1.54, 1.807) is 6.07 Å². The van der Waals surface area contributed by atoms with Gasteiger partial charge in [-0.1, -0.05) is 42.0 Å². The van der Waals surface area contributed by atoms with Crippen LogP contribution < -0.4 is 5.32 Å². The maximum Gasteiger partial charge on any atom is 0.407 e. The van der Waals surface area contributed by atoms with E-state index in [1.165, 1.54) is 14.2 Å².